The molecule has 0 saturated heterocycles. The lowest BCUT2D eigenvalue weighted by molar-refractivity contribution is -0.137. The van der Waals surface area contributed by atoms with Gasteiger partial charge >= 0.3 is 12.0 Å². The minimum Gasteiger partial charge on any atom is -0.480 e. The smallest absolute Gasteiger partial charge is 0.324 e. The molecule has 0 saturated carbocycles. The first-order chi connectivity index (χ1) is 9.01. The molecule has 0 aromatic heterocycles. The van der Waals surface area contributed by atoms with E-state index < -0.39 is 12.0 Å². The van der Waals surface area contributed by atoms with Crippen molar-refractivity contribution in [2.45, 2.75) is 6.92 Å². The molecule has 0 unspecified atom stereocenters. The van der Waals surface area contributed by atoms with Crippen molar-refractivity contribution in [3.05, 3.63) is 29.8 Å². The van der Waals surface area contributed by atoms with E-state index in [0.29, 0.717) is 11.3 Å². The lowest BCUT2D eigenvalue weighted by atomic mass is 10.2. The third kappa shape index (κ3) is 3.45. The summed E-state index contributed by atoms with van der Waals surface area (Å²) in [6.07, 6.45) is 0. The van der Waals surface area contributed by atoms with Crippen LogP contribution in [0, 0.1) is 11.3 Å². The fraction of sp³-hybridized carbons (Fsp3) is 0.308. The van der Waals surface area contributed by atoms with Crippen molar-refractivity contribution in [2.75, 3.05) is 25.0 Å². The Morgan fingerprint density at radius 1 is 1.37 bits per heavy atom. The van der Waals surface area contributed by atoms with Gasteiger partial charge in [-0.15, -0.1) is 0 Å². The molecule has 1 aromatic rings. The van der Waals surface area contributed by atoms with Crippen LogP contribution in [0.4, 0.5) is 10.5 Å². The van der Waals surface area contributed by atoms with Gasteiger partial charge < -0.3 is 10.0 Å². The van der Waals surface area contributed by atoms with Crippen LogP contribution in [0.2, 0.25) is 0 Å². The van der Waals surface area contributed by atoms with Gasteiger partial charge in [-0.2, -0.15) is 5.26 Å². The van der Waals surface area contributed by atoms with Gasteiger partial charge in [0.15, 0.2) is 0 Å². The van der Waals surface area contributed by atoms with Crippen LogP contribution in [0.15, 0.2) is 24.3 Å². The van der Waals surface area contributed by atoms with E-state index in [2.05, 4.69) is 0 Å². The number of para-hydroxylation sites is 1. The number of carboxylic acids is 1. The summed E-state index contributed by atoms with van der Waals surface area (Å²) in [5.41, 5.74) is 0.823. The monoisotopic (exact) mass is 261 g/mol. The number of urea groups is 1. The number of nitrogens with zero attached hydrogens (tertiary/aromatic N) is 3. The molecule has 0 atom stereocenters. The average Bonchev–Trinajstić information content (AvgIpc) is 2.42. The van der Waals surface area contributed by atoms with E-state index in [-0.39, 0.29) is 13.1 Å². The molecular formula is C13H15N3O3. The zero-order chi connectivity index (χ0) is 14.4. The first-order valence-electron chi connectivity index (χ1n) is 5.74. The molecule has 0 aliphatic heterocycles. The predicted molar refractivity (Wildman–Crippen MR) is 69.8 cm³/mol. The van der Waals surface area contributed by atoms with E-state index in [1.165, 1.54) is 16.8 Å². The number of likely N-dealkylation sites (N-methyl/N-ethyl adjacent to an activating group) is 1. The van der Waals surface area contributed by atoms with Crippen LogP contribution in [0.5, 0.6) is 0 Å². The Labute approximate surface area is 111 Å². The Morgan fingerprint density at radius 3 is 2.53 bits per heavy atom. The van der Waals surface area contributed by atoms with Gasteiger partial charge in [0, 0.05) is 13.6 Å². The Morgan fingerprint density at radius 2 is 2.00 bits per heavy atom. The molecule has 19 heavy (non-hydrogen) atoms. The van der Waals surface area contributed by atoms with E-state index in [0.717, 1.165) is 0 Å². The maximum absolute atomic E-state index is 12.2. The molecule has 0 aliphatic carbocycles. The van der Waals surface area contributed by atoms with Gasteiger partial charge in [0.1, 0.15) is 12.6 Å². The Hall–Kier alpha value is -2.55. The van der Waals surface area contributed by atoms with Crippen molar-refractivity contribution in [1.29, 1.82) is 5.26 Å². The number of carbonyl (C=O) groups excluding carboxylic acids is 1. The summed E-state index contributed by atoms with van der Waals surface area (Å²) in [7, 11) is 1.52. The van der Waals surface area contributed by atoms with Gasteiger partial charge in [0.2, 0.25) is 0 Å². The third-order valence-corrected chi connectivity index (χ3v) is 2.65. The Kier molecular flexibility index (Phi) is 4.89. The zero-order valence-corrected chi connectivity index (χ0v) is 10.8. The van der Waals surface area contributed by atoms with Gasteiger partial charge in [0.25, 0.3) is 0 Å². The number of amides is 2. The van der Waals surface area contributed by atoms with E-state index in [1.807, 2.05) is 6.07 Å². The number of nitriles is 1. The zero-order valence-electron chi connectivity index (χ0n) is 10.8. The fourth-order valence-electron chi connectivity index (χ4n) is 1.65. The van der Waals surface area contributed by atoms with Gasteiger partial charge in [-0.3, -0.25) is 9.69 Å². The number of aliphatic carboxylic acids is 1. The lowest BCUT2D eigenvalue weighted by Crippen LogP contribution is -2.43. The predicted octanol–water partition coefficient (Wildman–Crippen LogP) is 1.52. The van der Waals surface area contributed by atoms with Crippen LogP contribution in [-0.4, -0.2) is 42.1 Å². The summed E-state index contributed by atoms with van der Waals surface area (Å²) in [5, 5.41) is 17.7. The number of anilines is 1. The van der Waals surface area contributed by atoms with Crippen LogP contribution in [0.3, 0.4) is 0 Å². The summed E-state index contributed by atoms with van der Waals surface area (Å²) in [4.78, 5) is 25.3. The molecule has 0 aliphatic rings. The molecule has 1 aromatic carbocycles. The molecule has 0 fully saturated rings. The van der Waals surface area contributed by atoms with Gasteiger partial charge in [0.05, 0.1) is 11.3 Å². The van der Waals surface area contributed by atoms with Crippen LogP contribution in [0.25, 0.3) is 0 Å². The maximum atomic E-state index is 12.2. The number of carbonyl (C=O) groups is 2. The minimum absolute atomic E-state index is 0.282. The Balaban J connectivity index is 2.98. The number of carboxylic acid groups (broad SMARTS) is 1. The molecule has 2 amide bonds. The van der Waals surface area contributed by atoms with E-state index in [9.17, 15) is 9.59 Å². The van der Waals surface area contributed by atoms with E-state index >= 15 is 0 Å². The fourth-order valence-corrected chi connectivity index (χ4v) is 1.65. The quantitative estimate of drug-likeness (QED) is 0.890. The van der Waals surface area contributed by atoms with Crippen molar-refractivity contribution in [3.63, 3.8) is 0 Å². The van der Waals surface area contributed by atoms with Crippen LogP contribution < -0.4 is 4.90 Å². The van der Waals surface area contributed by atoms with Crippen LogP contribution in [0.1, 0.15) is 12.5 Å². The summed E-state index contributed by atoms with van der Waals surface area (Å²) < 4.78 is 0. The molecule has 0 bridgehead atoms. The first-order valence-corrected chi connectivity index (χ1v) is 5.74. The van der Waals surface area contributed by atoms with Crippen LogP contribution >= 0.6 is 0 Å². The molecule has 6 heteroatoms. The topological polar surface area (TPSA) is 84.6 Å². The number of hydrogen-bond acceptors (Lipinski definition) is 3. The van der Waals surface area contributed by atoms with E-state index in [1.54, 1.807) is 31.2 Å². The number of hydrogen-bond donors (Lipinski definition) is 1. The van der Waals surface area contributed by atoms with Crippen molar-refractivity contribution >= 4 is 17.7 Å². The van der Waals surface area contributed by atoms with Gasteiger partial charge in [-0.05, 0) is 19.1 Å². The molecule has 100 valence electrons. The van der Waals surface area contributed by atoms with Crippen LogP contribution in [-0.2, 0) is 4.79 Å². The van der Waals surface area contributed by atoms with Crippen molar-refractivity contribution < 1.29 is 14.7 Å². The Bertz CT molecular complexity index is 522. The van der Waals surface area contributed by atoms with Crippen molar-refractivity contribution in [1.82, 2.24) is 4.90 Å². The highest BCUT2D eigenvalue weighted by molar-refractivity contribution is 5.94. The highest BCUT2D eigenvalue weighted by atomic mass is 16.4. The molecule has 0 radical (unpaired) electrons. The molecule has 6 nitrogen and oxygen atoms in total. The summed E-state index contributed by atoms with van der Waals surface area (Å²) in [6, 6.07) is 8.22. The molecular weight excluding hydrogens is 246 g/mol. The second kappa shape index (κ2) is 6.40. The minimum atomic E-state index is -1.07. The lowest BCUT2D eigenvalue weighted by Gasteiger charge is -2.26. The largest absolute Gasteiger partial charge is 0.480 e. The number of rotatable bonds is 4. The summed E-state index contributed by atoms with van der Waals surface area (Å²) in [6.45, 7) is 1.61. The normalized spacial score (nSPS) is 9.53. The second-order valence-electron chi connectivity index (χ2n) is 3.88. The number of benzene rings is 1. The van der Waals surface area contributed by atoms with Gasteiger partial charge in [-0.1, -0.05) is 12.1 Å². The SMILES string of the molecule is CCN(CC(=O)O)C(=O)N(C)c1ccccc1C#N. The van der Waals surface area contributed by atoms with Gasteiger partial charge in [-0.25, -0.2) is 4.79 Å². The maximum Gasteiger partial charge on any atom is 0.324 e. The van der Waals surface area contributed by atoms with Crippen molar-refractivity contribution in [3.8, 4) is 6.07 Å². The average molecular weight is 261 g/mol. The molecule has 1 rings (SSSR count). The highest BCUT2D eigenvalue weighted by Crippen LogP contribution is 2.19. The first kappa shape index (κ1) is 14.5. The second-order valence-corrected chi connectivity index (χ2v) is 3.88. The molecule has 1 N–H and O–H groups in total. The third-order valence-electron chi connectivity index (χ3n) is 2.65. The standard InChI is InChI=1S/C13H15N3O3/c1-3-16(9-12(17)18)13(19)15(2)11-7-5-4-6-10(11)8-14/h4-7H,3,9H2,1-2H3,(H,17,18). The van der Waals surface area contributed by atoms with E-state index in [4.69, 9.17) is 10.4 Å². The molecule has 0 spiro atoms. The molecule has 0 heterocycles. The summed E-state index contributed by atoms with van der Waals surface area (Å²) >= 11 is 0. The summed E-state index contributed by atoms with van der Waals surface area (Å²) in [5.74, 6) is -1.07. The van der Waals surface area contributed by atoms with Crippen molar-refractivity contribution in [2.24, 2.45) is 0 Å². The highest BCUT2D eigenvalue weighted by Gasteiger charge is 2.21.